The topological polar surface area (TPSA) is 37.8 Å². The lowest BCUT2D eigenvalue weighted by Gasteiger charge is -1.84. The summed E-state index contributed by atoms with van der Waals surface area (Å²) in [7, 11) is 1.72. The molecule has 0 bridgehead atoms. The van der Waals surface area contributed by atoms with Crippen LogP contribution in [-0.4, -0.2) is 9.55 Å². The van der Waals surface area contributed by atoms with E-state index in [0.717, 1.165) is 10.7 Å². The largest absolute Gasteiger partial charge is 0.326 e. The molecular weight excluding hydrogens is 152 g/mol. The molecule has 1 rings (SSSR count). The molecule has 3 nitrogen and oxygen atoms in total. The summed E-state index contributed by atoms with van der Waals surface area (Å²) in [5.41, 5.74) is -0.101. The van der Waals surface area contributed by atoms with Crippen LogP contribution in [0.4, 0.5) is 0 Å². The van der Waals surface area contributed by atoms with E-state index >= 15 is 0 Å². The van der Waals surface area contributed by atoms with Crippen LogP contribution in [0, 0.1) is 0 Å². The van der Waals surface area contributed by atoms with Crippen molar-refractivity contribution in [1.29, 1.82) is 0 Å². The van der Waals surface area contributed by atoms with Gasteiger partial charge in [-0.1, -0.05) is 18.7 Å². The number of hydrogen-bond donors (Lipinski definition) is 1. The van der Waals surface area contributed by atoms with Crippen LogP contribution >= 0.6 is 0 Å². The molecule has 12 heavy (non-hydrogen) atoms. The van der Waals surface area contributed by atoms with Crippen molar-refractivity contribution in [3.63, 3.8) is 0 Å². The summed E-state index contributed by atoms with van der Waals surface area (Å²) in [6, 6.07) is 0. The molecule has 0 saturated heterocycles. The predicted octanol–water partition coefficient (Wildman–Crippen LogP) is -0.520. The third-order valence-electron chi connectivity index (χ3n) is 1.75. The molecule has 1 aromatic heterocycles. The van der Waals surface area contributed by atoms with E-state index in [9.17, 15) is 4.79 Å². The van der Waals surface area contributed by atoms with Gasteiger partial charge in [-0.3, -0.25) is 4.57 Å². The van der Waals surface area contributed by atoms with E-state index in [1.165, 1.54) is 0 Å². The third-order valence-corrected chi connectivity index (χ3v) is 1.75. The van der Waals surface area contributed by atoms with Crippen molar-refractivity contribution in [2.24, 2.45) is 7.05 Å². The van der Waals surface area contributed by atoms with Crippen LogP contribution in [0.5, 0.6) is 0 Å². The van der Waals surface area contributed by atoms with E-state index in [-0.39, 0.29) is 5.69 Å². The lowest BCUT2D eigenvalue weighted by atomic mass is 10.4. The lowest BCUT2D eigenvalue weighted by Crippen LogP contribution is -2.29. The fraction of sp³-hybridized carbons (Fsp3) is 0.222. The molecular formula is C9H12N2O. The predicted molar refractivity (Wildman–Crippen MR) is 50.1 cm³/mol. The minimum atomic E-state index is -0.101. The molecule has 0 radical (unpaired) electrons. The molecule has 64 valence electrons. The van der Waals surface area contributed by atoms with Gasteiger partial charge in [-0.15, -0.1) is 0 Å². The van der Waals surface area contributed by atoms with E-state index in [1.807, 2.05) is 13.0 Å². The van der Waals surface area contributed by atoms with Gasteiger partial charge in [-0.25, -0.2) is 4.79 Å². The molecule has 0 amide bonds. The zero-order valence-electron chi connectivity index (χ0n) is 7.29. The molecule has 3 heteroatoms. The molecule has 1 N–H and O–H groups in total. The van der Waals surface area contributed by atoms with Gasteiger partial charge in [0.2, 0.25) is 0 Å². The minimum absolute atomic E-state index is 0.101. The van der Waals surface area contributed by atoms with E-state index < -0.39 is 0 Å². The van der Waals surface area contributed by atoms with E-state index in [0.29, 0.717) is 0 Å². The summed E-state index contributed by atoms with van der Waals surface area (Å²) in [5.74, 6) is 0. The highest BCUT2D eigenvalue weighted by atomic mass is 16.1. The van der Waals surface area contributed by atoms with Crippen molar-refractivity contribution >= 4 is 12.2 Å². The van der Waals surface area contributed by atoms with Crippen molar-refractivity contribution in [2.75, 3.05) is 0 Å². The molecule has 0 spiro atoms. The number of nitrogens with zero attached hydrogens (tertiary/aromatic N) is 1. The van der Waals surface area contributed by atoms with Crippen molar-refractivity contribution in [3.8, 4) is 0 Å². The van der Waals surface area contributed by atoms with Crippen molar-refractivity contribution in [3.05, 3.63) is 33.8 Å². The molecule has 0 aromatic carbocycles. The zero-order chi connectivity index (χ0) is 9.14. The van der Waals surface area contributed by atoms with Crippen LogP contribution in [0.1, 0.15) is 6.92 Å². The number of imidazole rings is 1. The van der Waals surface area contributed by atoms with Gasteiger partial charge in [0.15, 0.2) is 0 Å². The Kier molecular flexibility index (Phi) is 2.33. The lowest BCUT2D eigenvalue weighted by molar-refractivity contribution is 0.836. The number of nitrogens with one attached hydrogen (secondary N) is 1. The van der Waals surface area contributed by atoms with Gasteiger partial charge >= 0.3 is 5.69 Å². The van der Waals surface area contributed by atoms with Crippen molar-refractivity contribution < 1.29 is 0 Å². The average molecular weight is 164 g/mol. The van der Waals surface area contributed by atoms with Gasteiger partial charge in [0.05, 0.1) is 10.7 Å². The van der Waals surface area contributed by atoms with Gasteiger partial charge in [-0.2, -0.15) is 0 Å². The summed E-state index contributed by atoms with van der Waals surface area (Å²) in [6.07, 6.45) is 5.32. The maximum absolute atomic E-state index is 11.1. The van der Waals surface area contributed by atoms with Crippen LogP contribution in [0.15, 0.2) is 17.4 Å². The molecule has 0 atom stereocenters. The second-order valence-electron chi connectivity index (χ2n) is 2.48. The Balaban J connectivity index is 3.77. The fourth-order valence-electron chi connectivity index (χ4n) is 1.09. The first-order valence-corrected chi connectivity index (χ1v) is 3.74. The quantitative estimate of drug-likeness (QED) is 0.596. The highest BCUT2D eigenvalue weighted by molar-refractivity contribution is 5.34. The highest BCUT2D eigenvalue weighted by Gasteiger charge is 1.93. The van der Waals surface area contributed by atoms with Crippen molar-refractivity contribution in [2.45, 2.75) is 6.92 Å². The first-order chi connectivity index (χ1) is 5.70. The summed E-state index contributed by atoms with van der Waals surface area (Å²) in [4.78, 5) is 13.8. The van der Waals surface area contributed by atoms with Gasteiger partial charge in [0.1, 0.15) is 0 Å². The molecule has 0 aliphatic rings. The average Bonchev–Trinajstić information content (AvgIpc) is 2.33. The third kappa shape index (κ3) is 1.25. The Morgan fingerprint density at radius 1 is 1.58 bits per heavy atom. The minimum Gasteiger partial charge on any atom is -0.306 e. The van der Waals surface area contributed by atoms with Crippen LogP contribution in [-0.2, 0) is 7.05 Å². The Morgan fingerprint density at radius 3 is 2.75 bits per heavy atom. The smallest absolute Gasteiger partial charge is 0.306 e. The van der Waals surface area contributed by atoms with Crippen molar-refractivity contribution in [1.82, 2.24) is 9.55 Å². The molecule has 1 heterocycles. The summed E-state index contributed by atoms with van der Waals surface area (Å²) in [5, 5.41) is 1.69. The maximum atomic E-state index is 11.1. The van der Waals surface area contributed by atoms with Crippen LogP contribution in [0.2, 0.25) is 0 Å². The van der Waals surface area contributed by atoms with Gasteiger partial charge < -0.3 is 4.98 Å². The first kappa shape index (κ1) is 8.59. The first-order valence-electron chi connectivity index (χ1n) is 3.74. The molecule has 0 saturated carbocycles. The summed E-state index contributed by atoms with van der Waals surface area (Å²) in [6.45, 7) is 5.46. The number of rotatable bonds is 1. The number of hydrogen-bond acceptors (Lipinski definition) is 1. The van der Waals surface area contributed by atoms with Gasteiger partial charge in [0.25, 0.3) is 0 Å². The Morgan fingerprint density at radius 2 is 2.25 bits per heavy atom. The standard InChI is InChI=1S/C9H12N2O/c1-4-6-8-7(5-2)10-9(12)11(8)3/h4-6H,1H2,2-3H3,(H,10,12)/b7-5+,8-6+. The summed E-state index contributed by atoms with van der Waals surface area (Å²) >= 11 is 0. The second-order valence-corrected chi connectivity index (χ2v) is 2.48. The monoisotopic (exact) mass is 164 g/mol. The van der Waals surface area contributed by atoms with E-state index in [2.05, 4.69) is 11.6 Å². The maximum Gasteiger partial charge on any atom is 0.326 e. The highest BCUT2D eigenvalue weighted by Crippen LogP contribution is 1.63. The Bertz CT molecular complexity index is 448. The number of aromatic nitrogens is 2. The fourth-order valence-corrected chi connectivity index (χ4v) is 1.09. The van der Waals surface area contributed by atoms with Gasteiger partial charge in [0, 0.05) is 7.05 Å². The van der Waals surface area contributed by atoms with Gasteiger partial charge in [-0.05, 0) is 13.0 Å². The Labute approximate surface area is 70.4 Å². The van der Waals surface area contributed by atoms with E-state index in [1.54, 1.807) is 23.8 Å². The zero-order valence-corrected chi connectivity index (χ0v) is 7.29. The Hall–Kier alpha value is -1.51. The molecule has 0 aliphatic carbocycles. The number of H-pyrrole nitrogens is 1. The van der Waals surface area contributed by atoms with E-state index in [4.69, 9.17) is 0 Å². The van der Waals surface area contributed by atoms with Crippen LogP contribution < -0.4 is 16.4 Å². The molecule has 0 aliphatic heterocycles. The van der Waals surface area contributed by atoms with Crippen LogP contribution in [0.25, 0.3) is 12.2 Å². The molecule has 0 fully saturated rings. The summed E-state index contributed by atoms with van der Waals surface area (Å²) < 4.78 is 1.55. The number of allylic oxidation sites excluding steroid dienone is 1. The number of aromatic amines is 1. The van der Waals surface area contributed by atoms with Crippen LogP contribution in [0.3, 0.4) is 0 Å². The second kappa shape index (κ2) is 3.26. The normalized spacial score (nSPS) is 13.8. The molecule has 1 aromatic rings. The molecule has 0 unspecified atom stereocenters. The SMILES string of the molecule is C=C/C=c1\c(=C/C)[nH]c(=O)n1C.